The maximum Gasteiger partial charge on any atom is 0.270 e. The van der Waals surface area contributed by atoms with E-state index in [-0.39, 0.29) is 5.69 Å². The van der Waals surface area contributed by atoms with Crippen LogP contribution in [0.2, 0.25) is 0 Å². The summed E-state index contributed by atoms with van der Waals surface area (Å²) in [5.74, 6) is 0. The van der Waals surface area contributed by atoms with Crippen molar-refractivity contribution in [2.45, 2.75) is 13.5 Å². The van der Waals surface area contributed by atoms with E-state index in [2.05, 4.69) is 15.9 Å². The van der Waals surface area contributed by atoms with Gasteiger partial charge in [-0.3, -0.25) is 10.1 Å². The number of hydrogen-bond donors (Lipinski definition) is 1. The fourth-order valence-electron chi connectivity index (χ4n) is 1.04. The molecule has 0 aliphatic heterocycles. The maximum atomic E-state index is 10.5. The zero-order valence-corrected chi connectivity index (χ0v) is 8.67. The van der Waals surface area contributed by atoms with Gasteiger partial charge in [-0.05, 0) is 18.1 Å². The highest BCUT2D eigenvalue weighted by molar-refractivity contribution is 9.10. The molecule has 2 N–H and O–H groups in total. The highest BCUT2D eigenvalue weighted by Crippen LogP contribution is 2.25. The molecular weight excluding hydrogens is 236 g/mol. The molecule has 0 spiro atoms. The van der Waals surface area contributed by atoms with E-state index < -0.39 is 4.92 Å². The normalized spacial score (nSPS) is 10.1. The molecule has 0 aliphatic carbocycles. The fourth-order valence-corrected chi connectivity index (χ4v) is 1.53. The first-order chi connectivity index (χ1) is 6.06. The minimum absolute atomic E-state index is 0.0675. The molecule has 0 amide bonds. The number of non-ortho nitro benzene ring substituents is 1. The fraction of sp³-hybridized carbons (Fsp3) is 0.250. The molecule has 1 aromatic rings. The molecule has 70 valence electrons. The summed E-state index contributed by atoms with van der Waals surface area (Å²) >= 11 is 3.25. The predicted octanol–water partition coefficient (Wildman–Crippen LogP) is 2.12. The number of nitro benzene ring substituents is 1. The van der Waals surface area contributed by atoms with Crippen molar-refractivity contribution in [3.8, 4) is 0 Å². The molecule has 0 heterocycles. The molecule has 13 heavy (non-hydrogen) atoms. The van der Waals surface area contributed by atoms with Crippen LogP contribution in [0.5, 0.6) is 0 Å². The van der Waals surface area contributed by atoms with Gasteiger partial charge in [0, 0.05) is 23.2 Å². The summed E-state index contributed by atoms with van der Waals surface area (Å²) in [6, 6.07) is 2.98. The zero-order chi connectivity index (χ0) is 10.0. The summed E-state index contributed by atoms with van der Waals surface area (Å²) in [4.78, 5) is 10.0. The van der Waals surface area contributed by atoms with Crippen molar-refractivity contribution in [2.75, 3.05) is 0 Å². The van der Waals surface area contributed by atoms with Crippen molar-refractivity contribution in [1.82, 2.24) is 0 Å². The van der Waals surface area contributed by atoms with Crippen LogP contribution in [0.3, 0.4) is 0 Å². The molecule has 0 atom stereocenters. The van der Waals surface area contributed by atoms with Crippen LogP contribution < -0.4 is 5.73 Å². The molecular formula is C8H9BrN2O2. The smallest absolute Gasteiger partial charge is 0.270 e. The molecule has 0 aromatic heterocycles. The van der Waals surface area contributed by atoms with Crippen molar-refractivity contribution in [3.63, 3.8) is 0 Å². The van der Waals surface area contributed by atoms with E-state index in [1.54, 1.807) is 0 Å². The van der Waals surface area contributed by atoms with E-state index in [0.717, 1.165) is 15.6 Å². The van der Waals surface area contributed by atoms with Gasteiger partial charge < -0.3 is 5.73 Å². The highest BCUT2D eigenvalue weighted by Gasteiger charge is 2.11. The summed E-state index contributed by atoms with van der Waals surface area (Å²) in [6.45, 7) is 2.18. The molecule has 4 nitrogen and oxygen atoms in total. The number of hydrogen-bond acceptors (Lipinski definition) is 3. The van der Waals surface area contributed by atoms with E-state index in [4.69, 9.17) is 5.73 Å². The Morgan fingerprint density at radius 2 is 2.23 bits per heavy atom. The third-order valence-corrected chi connectivity index (χ3v) is 2.69. The minimum atomic E-state index is -0.427. The van der Waals surface area contributed by atoms with Gasteiger partial charge in [0.2, 0.25) is 0 Å². The quantitative estimate of drug-likeness (QED) is 0.640. The van der Waals surface area contributed by atoms with Gasteiger partial charge in [-0.1, -0.05) is 15.9 Å². The zero-order valence-electron chi connectivity index (χ0n) is 7.08. The third kappa shape index (κ3) is 2.05. The van der Waals surface area contributed by atoms with Crippen LogP contribution in [0.1, 0.15) is 11.1 Å². The molecule has 0 saturated carbocycles. The van der Waals surface area contributed by atoms with Crippen molar-refractivity contribution >= 4 is 21.6 Å². The average Bonchev–Trinajstić information content (AvgIpc) is 2.09. The molecule has 0 fully saturated rings. The van der Waals surface area contributed by atoms with Gasteiger partial charge in [0.25, 0.3) is 5.69 Å². The first-order valence-corrected chi connectivity index (χ1v) is 4.49. The van der Waals surface area contributed by atoms with Crippen molar-refractivity contribution in [1.29, 1.82) is 0 Å². The van der Waals surface area contributed by atoms with E-state index in [9.17, 15) is 10.1 Å². The second kappa shape index (κ2) is 3.85. The molecule has 0 radical (unpaired) electrons. The number of nitrogens with zero attached hydrogens (tertiary/aromatic N) is 1. The number of rotatable bonds is 2. The third-order valence-electron chi connectivity index (χ3n) is 1.87. The summed E-state index contributed by atoms with van der Waals surface area (Å²) in [5.41, 5.74) is 7.26. The van der Waals surface area contributed by atoms with Gasteiger partial charge >= 0.3 is 0 Å². The van der Waals surface area contributed by atoms with Gasteiger partial charge in [0.1, 0.15) is 0 Å². The lowest BCUT2D eigenvalue weighted by Gasteiger charge is -2.04. The number of benzene rings is 1. The Kier molecular flexibility index (Phi) is 3.00. The monoisotopic (exact) mass is 244 g/mol. The van der Waals surface area contributed by atoms with Gasteiger partial charge in [-0.15, -0.1) is 0 Å². The van der Waals surface area contributed by atoms with Crippen LogP contribution in [-0.2, 0) is 6.54 Å². The van der Waals surface area contributed by atoms with Crippen LogP contribution >= 0.6 is 15.9 Å². The molecule has 0 saturated heterocycles. The Bertz CT molecular complexity index is 352. The Balaban J connectivity index is 3.30. The van der Waals surface area contributed by atoms with Gasteiger partial charge in [-0.25, -0.2) is 0 Å². The molecule has 5 heteroatoms. The average molecular weight is 245 g/mol. The van der Waals surface area contributed by atoms with Gasteiger partial charge in [-0.2, -0.15) is 0 Å². The summed E-state index contributed by atoms with van der Waals surface area (Å²) in [6.07, 6.45) is 0. The standard InChI is InChI=1S/C8H9BrN2O2/c1-5-6(4-10)2-7(11(12)13)3-8(5)9/h2-3H,4,10H2,1H3. The predicted molar refractivity (Wildman–Crippen MR) is 53.4 cm³/mol. The molecule has 0 bridgehead atoms. The van der Waals surface area contributed by atoms with Crippen LogP contribution in [0, 0.1) is 17.0 Å². The largest absolute Gasteiger partial charge is 0.326 e. The Morgan fingerprint density at radius 1 is 1.62 bits per heavy atom. The number of nitrogens with two attached hydrogens (primary N) is 1. The van der Waals surface area contributed by atoms with Crippen LogP contribution in [-0.4, -0.2) is 4.92 Å². The molecule has 0 aliphatic rings. The molecule has 1 aromatic carbocycles. The first-order valence-electron chi connectivity index (χ1n) is 3.69. The minimum Gasteiger partial charge on any atom is -0.326 e. The van der Waals surface area contributed by atoms with Crippen molar-refractivity contribution in [3.05, 3.63) is 37.8 Å². The topological polar surface area (TPSA) is 69.2 Å². The van der Waals surface area contributed by atoms with E-state index in [1.165, 1.54) is 12.1 Å². The highest BCUT2D eigenvalue weighted by atomic mass is 79.9. The summed E-state index contributed by atoms with van der Waals surface area (Å²) < 4.78 is 0.724. The molecule has 1 rings (SSSR count). The Morgan fingerprint density at radius 3 is 2.69 bits per heavy atom. The first kappa shape index (κ1) is 10.1. The lowest BCUT2D eigenvalue weighted by Crippen LogP contribution is -2.01. The molecule has 0 unspecified atom stereocenters. The Hall–Kier alpha value is -0.940. The van der Waals surface area contributed by atoms with Crippen molar-refractivity contribution < 1.29 is 4.92 Å². The van der Waals surface area contributed by atoms with Gasteiger partial charge in [0.15, 0.2) is 0 Å². The summed E-state index contributed by atoms with van der Waals surface area (Å²) in [7, 11) is 0. The van der Waals surface area contributed by atoms with Crippen molar-refractivity contribution in [2.24, 2.45) is 5.73 Å². The van der Waals surface area contributed by atoms with Crippen LogP contribution in [0.25, 0.3) is 0 Å². The number of nitro groups is 1. The second-order valence-electron chi connectivity index (χ2n) is 2.67. The maximum absolute atomic E-state index is 10.5. The SMILES string of the molecule is Cc1c(Br)cc([N+](=O)[O-])cc1CN. The Labute approximate surface area is 84.0 Å². The lowest BCUT2D eigenvalue weighted by molar-refractivity contribution is -0.385. The lowest BCUT2D eigenvalue weighted by atomic mass is 10.1. The van der Waals surface area contributed by atoms with E-state index in [1.807, 2.05) is 6.92 Å². The number of halogens is 1. The summed E-state index contributed by atoms with van der Waals surface area (Å²) in [5, 5.41) is 10.5. The van der Waals surface area contributed by atoms with Crippen LogP contribution in [0.4, 0.5) is 5.69 Å². The van der Waals surface area contributed by atoms with Gasteiger partial charge in [0.05, 0.1) is 4.92 Å². The second-order valence-corrected chi connectivity index (χ2v) is 3.53. The van der Waals surface area contributed by atoms with E-state index >= 15 is 0 Å². The van der Waals surface area contributed by atoms with E-state index in [0.29, 0.717) is 6.54 Å². The van der Waals surface area contributed by atoms with Crippen LogP contribution in [0.15, 0.2) is 16.6 Å².